The molecule has 0 radical (unpaired) electrons. The molecule has 11 nitrogen and oxygen atoms in total. The number of H-pyrrole nitrogens is 4. The maximum absolute atomic E-state index is 11.6. The van der Waals surface area contributed by atoms with Crippen LogP contribution in [0.25, 0.3) is 0 Å². The van der Waals surface area contributed by atoms with Crippen molar-refractivity contribution in [1.82, 2.24) is 19.9 Å². The van der Waals surface area contributed by atoms with Crippen LogP contribution in [0, 0.1) is 0 Å². The molecule has 4 N–H and O–H groups in total. The summed E-state index contributed by atoms with van der Waals surface area (Å²) in [7, 11) is 0. The fourth-order valence-corrected chi connectivity index (χ4v) is 1.35. The van der Waals surface area contributed by atoms with Crippen molar-refractivity contribution in [1.29, 1.82) is 0 Å². The van der Waals surface area contributed by atoms with E-state index in [0.29, 0.717) is 12.1 Å². The van der Waals surface area contributed by atoms with Crippen molar-refractivity contribution in [3.05, 3.63) is 65.2 Å². The highest BCUT2D eigenvalue weighted by Gasteiger charge is 2.17. The standard InChI is InChI=1S/C10H6N4O7/c15-5-1-3(11-9(19)13-5)7(17)21-8(18)4-2-6(16)14-10(20)12-4/h1-2H,(H2,11,13,15,19)(H2,12,14,16,20). The molecule has 0 aliphatic rings. The average molecular weight is 294 g/mol. The van der Waals surface area contributed by atoms with E-state index in [1.165, 1.54) is 0 Å². The van der Waals surface area contributed by atoms with E-state index in [2.05, 4.69) is 4.74 Å². The van der Waals surface area contributed by atoms with Gasteiger partial charge in [0.1, 0.15) is 11.4 Å². The minimum Gasteiger partial charge on any atom is -0.383 e. The Balaban J connectivity index is 2.28. The van der Waals surface area contributed by atoms with E-state index in [9.17, 15) is 28.8 Å². The molecular formula is C10H6N4O7. The molecule has 21 heavy (non-hydrogen) atoms. The Morgan fingerprint density at radius 3 is 1.43 bits per heavy atom. The first-order valence-electron chi connectivity index (χ1n) is 5.29. The van der Waals surface area contributed by atoms with Crippen molar-refractivity contribution in [3.63, 3.8) is 0 Å². The fourth-order valence-electron chi connectivity index (χ4n) is 1.35. The number of hydrogen-bond acceptors (Lipinski definition) is 7. The van der Waals surface area contributed by atoms with Crippen molar-refractivity contribution in [3.8, 4) is 0 Å². The summed E-state index contributed by atoms with van der Waals surface area (Å²) in [5.74, 6) is -2.66. The third kappa shape index (κ3) is 3.28. The predicted octanol–water partition coefficient (Wildman–Crippen LogP) is -2.56. The van der Waals surface area contributed by atoms with Crippen LogP contribution >= 0.6 is 0 Å². The smallest absolute Gasteiger partial charge is 0.363 e. The van der Waals surface area contributed by atoms with Crippen LogP contribution in [0.2, 0.25) is 0 Å². The molecule has 0 fully saturated rings. The maximum atomic E-state index is 11.6. The number of aromatic amines is 4. The van der Waals surface area contributed by atoms with Gasteiger partial charge in [0.15, 0.2) is 0 Å². The van der Waals surface area contributed by atoms with E-state index >= 15 is 0 Å². The summed E-state index contributed by atoms with van der Waals surface area (Å²) in [5, 5.41) is 0. The van der Waals surface area contributed by atoms with Gasteiger partial charge in [0.2, 0.25) is 0 Å². The lowest BCUT2D eigenvalue weighted by Gasteiger charge is -2.01. The summed E-state index contributed by atoms with van der Waals surface area (Å²) in [6, 6.07) is 1.41. The van der Waals surface area contributed by atoms with Gasteiger partial charge in [-0.1, -0.05) is 0 Å². The quantitative estimate of drug-likeness (QED) is 0.347. The van der Waals surface area contributed by atoms with Gasteiger partial charge in [-0.25, -0.2) is 19.2 Å². The number of aromatic nitrogens is 4. The summed E-state index contributed by atoms with van der Waals surface area (Å²) in [5.41, 5.74) is -4.81. The van der Waals surface area contributed by atoms with E-state index in [0.717, 1.165) is 0 Å². The molecule has 0 unspecified atom stereocenters. The van der Waals surface area contributed by atoms with Crippen LogP contribution in [0.4, 0.5) is 0 Å². The molecule has 0 saturated heterocycles. The van der Waals surface area contributed by atoms with Gasteiger partial charge in [-0.2, -0.15) is 0 Å². The van der Waals surface area contributed by atoms with Crippen molar-refractivity contribution in [2.45, 2.75) is 0 Å². The van der Waals surface area contributed by atoms with Gasteiger partial charge in [-0.05, 0) is 0 Å². The number of carbonyl (C=O) groups excluding carboxylic acids is 2. The van der Waals surface area contributed by atoms with Crippen LogP contribution in [0.5, 0.6) is 0 Å². The van der Waals surface area contributed by atoms with Crippen LogP contribution in [-0.4, -0.2) is 31.9 Å². The largest absolute Gasteiger partial charge is 0.383 e. The molecule has 0 saturated carbocycles. The lowest BCUT2D eigenvalue weighted by molar-refractivity contribution is 0.0388. The normalized spacial score (nSPS) is 10.1. The highest BCUT2D eigenvalue weighted by Crippen LogP contribution is 1.97. The third-order valence-corrected chi connectivity index (χ3v) is 2.15. The molecule has 2 heterocycles. The molecule has 2 aromatic heterocycles. The molecule has 0 bridgehead atoms. The Morgan fingerprint density at radius 1 is 0.714 bits per heavy atom. The Labute approximate surface area is 112 Å². The Kier molecular flexibility index (Phi) is 3.47. The molecule has 2 aromatic rings. The lowest BCUT2D eigenvalue weighted by atomic mass is 10.4. The second-order valence-electron chi connectivity index (χ2n) is 3.68. The minimum atomic E-state index is -1.33. The number of esters is 2. The Bertz CT molecular complexity index is 811. The summed E-state index contributed by atoms with van der Waals surface area (Å²) < 4.78 is 4.32. The zero-order valence-corrected chi connectivity index (χ0v) is 10.0. The molecule has 11 heteroatoms. The topological polar surface area (TPSA) is 175 Å². The zero-order chi connectivity index (χ0) is 15.6. The van der Waals surface area contributed by atoms with E-state index in [4.69, 9.17) is 0 Å². The summed E-state index contributed by atoms with van der Waals surface area (Å²) >= 11 is 0. The summed E-state index contributed by atoms with van der Waals surface area (Å²) in [6.45, 7) is 0. The van der Waals surface area contributed by atoms with Crippen LogP contribution in [0.15, 0.2) is 31.3 Å². The maximum Gasteiger partial charge on any atom is 0.363 e. The molecule has 0 aliphatic heterocycles. The van der Waals surface area contributed by atoms with E-state index < -0.39 is 45.8 Å². The van der Waals surface area contributed by atoms with Crippen molar-refractivity contribution < 1.29 is 14.3 Å². The van der Waals surface area contributed by atoms with Crippen molar-refractivity contribution >= 4 is 11.9 Å². The van der Waals surface area contributed by atoms with Gasteiger partial charge in [0.05, 0.1) is 0 Å². The monoisotopic (exact) mass is 294 g/mol. The third-order valence-electron chi connectivity index (χ3n) is 2.15. The average Bonchev–Trinajstić information content (AvgIpc) is 2.36. The van der Waals surface area contributed by atoms with Gasteiger partial charge >= 0.3 is 23.3 Å². The highest BCUT2D eigenvalue weighted by molar-refractivity contribution is 6.00. The zero-order valence-electron chi connectivity index (χ0n) is 10.0. The van der Waals surface area contributed by atoms with Crippen molar-refractivity contribution in [2.75, 3.05) is 0 Å². The van der Waals surface area contributed by atoms with Gasteiger partial charge in [0, 0.05) is 12.1 Å². The highest BCUT2D eigenvalue weighted by atomic mass is 16.6. The van der Waals surface area contributed by atoms with Crippen LogP contribution in [0.3, 0.4) is 0 Å². The Morgan fingerprint density at radius 2 is 1.10 bits per heavy atom. The summed E-state index contributed by atoms with van der Waals surface area (Å²) in [6.07, 6.45) is 0. The molecule has 0 aliphatic carbocycles. The SMILES string of the molecule is O=C(OC(=O)c1cc(=O)[nH]c(=O)[nH]1)c1cc(=O)[nH]c(=O)[nH]1. The van der Waals surface area contributed by atoms with Crippen molar-refractivity contribution in [2.24, 2.45) is 0 Å². The summed E-state index contributed by atoms with van der Waals surface area (Å²) in [4.78, 5) is 74.6. The van der Waals surface area contributed by atoms with E-state index in [1.54, 1.807) is 0 Å². The number of rotatable bonds is 2. The predicted molar refractivity (Wildman–Crippen MR) is 65.1 cm³/mol. The second kappa shape index (κ2) is 5.24. The molecule has 0 amide bonds. The van der Waals surface area contributed by atoms with Crippen LogP contribution in [0.1, 0.15) is 21.0 Å². The molecule has 108 valence electrons. The number of carbonyl (C=O) groups is 2. The molecule has 0 atom stereocenters. The van der Waals surface area contributed by atoms with E-state index in [-0.39, 0.29) is 0 Å². The minimum absolute atomic E-state index is 0.565. The molecule has 0 spiro atoms. The lowest BCUT2D eigenvalue weighted by Crippen LogP contribution is -2.28. The number of hydrogen-bond donors (Lipinski definition) is 4. The molecular weight excluding hydrogens is 288 g/mol. The van der Waals surface area contributed by atoms with Gasteiger partial charge in [0.25, 0.3) is 11.1 Å². The van der Waals surface area contributed by atoms with E-state index in [1.807, 2.05) is 19.9 Å². The van der Waals surface area contributed by atoms with Crippen LogP contribution < -0.4 is 22.5 Å². The first kappa shape index (κ1) is 13.9. The second-order valence-corrected chi connectivity index (χ2v) is 3.68. The fraction of sp³-hybridized carbons (Fsp3) is 0. The molecule has 2 rings (SSSR count). The van der Waals surface area contributed by atoms with Gasteiger partial charge in [-0.3, -0.25) is 19.6 Å². The first-order chi connectivity index (χ1) is 9.85. The van der Waals surface area contributed by atoms with Crippen LogP contribution in [-0.2, 0) is 4.74 Å². The number of ether oxygens (including phenoxy) is 1. The van der Waals surface area contributed by atoms with Gasteiger partial charge < -0.3 is 14.7 Å². The van der Waals surface area contributed by atoms with Gasteiger partial charge in [-0.15, -0.1) is 0 Å². The number of nitrogens with one attached hydrogen (secondary N) is 4. The first-order valence-corrected chi connectivity index (χ1v) is 5.29. The molecule has 0 aromatic carbocycles. The Hall–Kier alpha value is -3.50.